The van der Waals surface area contributed by atoms with E-state index in [1.807, 2.05) is 13.8 Å². The smallest absolute Gasteiger partial charge is 0.252 e. The molecular formula is C14H20ClN3O4S2. The molecule has 1 atom stereocenters. The topological polar surface area (TPSA) is 98.7 Å². The SMILES string of the molecule is Cc1noc(C)c1-c1ccc(S(=O)(=O)N2CCOC(CN)C2)s1.Cl. The van der Waals surface area contributed by atoms with Crippen molar-refractivity contribution in [1.82, 2.24) is 9.46 Å². The van der Waals surface area contributed by atoms with Crippen LogP contribution in [0.25, 0.3) is 10.4 Å². The Morgan fingerprint density at radius 3 is 2.79 bits per heavy atom. The Labute approximate surface area is 151 Å². The normalized spacial score (nSPS) is 19.2. The summed E-state index contributed by atoms with van der Waals surface area (Å²) in [5.74, 6) is 0.683. The first-order valence-corrected chi connectivity index (χ1v) is 9.54. The minimum Gasteiger partial charge on any atom is -0.374 e. The first-order chi connectivity index (χ1) is 10.9. The first kappa shape index (κ1) is 19.4. The van der Waals surface area contributed by atoms with Crippen LogP contribution in [0.4, 0.5) is 0 Å². The van der Waals surface area contributed by atoms with Crippen LogP contribution < -0.4 is 5.73 Å². The van der Waals surface area contributed by atoms with E-state index in [2.05, 4.69) is 5.16 Å². The molecule has 3 heterocycles. The predicted molar refractivity (Wildman–Crippen MR) is 94.1 cm³/mol. The van der Waals surface area contributed by atoms with Gasteiger partial charge in [0.05, 0.1) is 24.0 Å². The van der Waals surface area contributed by atoms with Gasteiger partial charge in [-0.2, -0.15) is 4.31 Å². The molecule has 1 aliphatic rings. The average Bonchev–Trinajstić information content (AvgIpc) is 3.14. The Morgan fingerprint density at radius 2 is 2.17 bits per heavy atom. The second kappa shape index (κ2) is 7.51. The first-order valence-electron chi connectivity index (χ1n) is 7.28. The second-order valence-corrected chi connectivity index (χ2v) is 8.66. The summed E-state index contributed by atoms with van der Waals surface area (Å²) in [6.07, 6.45) is -0.250. The number of ether oxygens (including phenoxy) is 1. The second-order valence-electron chi connectivity index (χ2n) is 5.41. The van der Waals surface area contributed by atoms with Gasteiger partial charge in [0.25, 0.3) is 10.0 Å². The maximum Gasteiger partial charge on any atom is 0.252 e. The largest absolute Gasteiger partial charge is 0.374 e. The van der Waals surface area contributed by atoms with Gasteiger partial charge < -0.3 is 15.0 Å². The maximum absolute atomic E-state index is 12.8. The zero-order valence-electron chi connectivity index (χ0n) is 13.4. The third-order valence-corrected chi connectivity index (χ3v) is 7.25. The maximum atomic E-state index is 12.8. The molecule has 1 saturated heterocycles. The van der Waals surface area contributed by atoms with E-state index in [1.54, 1.807) is 12.1 Å². The van der Waals surface area contributed by atoms with Gasteiger partial charge in [-0.15, -0.1) is 23.7 Å². The molecule has 134 valence electrons. The van der Waals surface area contributed by atoms with Gasteiger partial charge in [-0.25, -0.2) is 8.42 Å². The molecule has 24 heavy (non-hydrogen) atoms. The highest BCUT2D eigenvalue weighted by Gasteiger charge is 2.31. The summed E-state index contributed by atoms with van der Waals surface area (Å²) in [5, 5.41) is 3.92. The number of thiophene rings is 1. The molecule has 1 fully saturated rings. The van der Waals surface area contributed by atoms with Crippen molar-refractivity contribution < 1.29 is 17.7 Å². The molecule has 0 saturated carbocycles. The number of aryl methyl sites for hydroxylation is 2. The number of aromatic nitrogens is 1. The van der Waals surface area contributed by atoms with Gasteiger partial charge in [-0.3, -0.25) is 0 Å². The monoisotopic (exact) mass is 393 g/mol. The standard InChI is InChI=1S/C14H19N3O4S2.ClH/c1-9-14(10(2)21-16-9)12-3-4-13(22-12)23(18,19)17-5-6-20-11(7-15)8-17;/h3-4,11H,5-8,15H2,1-2H3;1H. The number of hydrogen-bond donors (Lipinski definition) is 1. The Bertz CT molecular complexity index is 783. The molecular weight excluding hydrogens is 374 g/mol. The summed E-state index contributed by atoms with van der Waals surface area (Å²) in [4.78, 5) is 0.837. The Morgan fingerprint density at radius 1 is 1.42 bits per heavy atom. The van der Waals surface area contributed by atoms with Gasteiger partial charge in [-0.05, 0) is 26.0 Å². The van der Waals surface area contributed by atoms with Crippen molar-refractivity contribution in [3.63, 3.8) is 0 Å². The lowest BCUT2D eigenvalue weighted by atomic mass is 10.2. The van der Waals surface area contributed by atoms with Gasteiger partial charge >= 0.3 is 0 Å². The van der Waals surface area contributed by atoms with Gasteiger partial charge in [0.15, 0.2) is 0 Å². The quantitative estimate of drug-likeness (QED) is 0.850. The van der Waals surface area contributed by atoms with E-state index in [9.17, 15) is 8.42 Å². The molecule has 1 unspecified atom stereocenters. The van der Waals surface area contributed by atoms with E-state index in [0.29, 0.717) is 29.7 Å². The number of rotatable bonds is 4. The fourth-order valence-corrected chi connectivity index (χ4v) is 5.67. The van der Waals surface area contributed by atoms with Crippen molar-refractivity contribution in [2.24, 2.45) is 5.73 Å². The molecule has 0 bridgehead atoms. The van der Waals surface area contributed by atoms with Crippen LogP contribution in [0.5, 0.6) is 0 Å². The minimum absolute atomic E-state index is 0. The Balaban J connectivity index is 0.00000208. The van der Waals surface area contributed by atoms with Crippen molar-refractivity contribution in [3.8, 4) is 10.4 Å². The van der Waals surface area contributed by atoms with Crippen LogP contribution in [0.3, 0.4) is 0 Å². The number of morpholine rings is 1. The average molecular weight is 394 g/mol. The molecule has 0 aliphatic carbocycles. The van der Waals surface area contributed by atoms with Crippen LogP contribution in [-0.2, 0) is 14.8 Å². The number of hydrogen-bond acceptors (Lipinski definition) is 7. The van der Waals surface area contributed by atoms with Crippen molar-refractivity contribution >= 4 is 33.8 Å². The van der Waals surface area contributed by atoms with Crippen LogP contribution in [0, 0.1) is 13.8 Å². The fraction of sp³-hybridized carbons (Fsp3) is 0.500. The van der Waals surface area contributed by atoms with Crippen molar-refractivity contribution in [2.45, 2.75) is 24.2 Å². The Kier molecular flexibility index (Phi) is 6.05. The summed E-state index contributed by atoms with van der Waals surface area (Å²) in [5.41, 5.74) is 7.20. The summed E-state index contributed by atoms with van der Waals surface area (Å²) in [6, 6.07) is 3.43. The van der Waals surface area contributed by atoms with Crippen molar-refractivity contribution in [3.05, 3.63) is 23.6 Å². The number of sulfonamides is 1. The number of nitrogens with two attached hydrogens (primary N) is 1. The Hall–Kier alpha value is -0.970. The number of nitrogens with zero attached hydrogens (tertiary/aromatic N) is 2. The molecule has 2 aromatic heterocycles. The summed E-state index contributed by atoms with van der Waals surface area (Å²) >= 11 is 1.23. The molecule has 0 spiro atoms. The molecule has 7 nitrogen and oxygen atoms in total. The van der Waals surface area contributed by atoms with E-state index in [4.69, 9.17) is 15.0 Å². The molecule has 0 aromatic carbocycles. The van der Waals surface area contributed by atoms with Gasteiger partial charge in [0.1, 0.15) is 9.97 Å². The molecule has 2 N–H and O–H groups in total. The minimum atomic E-state index is -3.54. The predicted octanol–water partition coefficient (Wildman–Crippen LogP) is 1.79. The van der Waals surface area contributed by atoms with E-state index in [1.165, 1.54) is 15.6 Å². The van der Waals surface area contributed by atoms with Crippen LogP contribution in [-0.4, -0.2) is 50.2 Å². The van der Waals surface area contributed by atoms with Gasteiger partial charge in [0, 0.05) is 24.5 Å². The third kappa shape index (κ3) is 3.51. The fourth-order valence-electron chi connectivity index (χ4n) is 2.61. The van der Waals surface area contributed by atoms with Crippen molar-refractivity contribution in [2.75, 3.05) is 26.2 Å². The lowest BCUT2D eigenvalue weighted by molar-refractivity contribution is 0.00456. The zero-order chi connectivity index (χ0) is 16.6. The highest BCUT2D eigenvalue weighted by molar-refractivity contribution is 7.91. The molecule has 0 amide bonds. The third-order valence-electron chi connectivity index (χ3n) is 3.82. The zero-order valence-corrected chi connectivity index (χ0v) is 15.8. The summed E-state index contributed by atoms with van der Waals surface area (Å²) in [7, 11) is -3.54. The highest BCUT2D eigenvalue weighted by Crippen LogP contribution is 2.36. The van der Waals surface area contributed by atoms with Crippen LogP contribution >= 0.6 is 23.7 Å². The molecule has 1 aliphatic heterocycles. The van der Waals surface area contributed by atoms with Crippen molar-refractivity contribution in [1.29, 1.82) is 0 Å². The lowest BCUT2D eigenvalue weighted by Gasteiger charge is -2.31. The van der Waals surface area contributed by atoms with Gasteiger partial charge in [-0.1, -0.05) is 5.16 Å². The number of halogens is 1. The van der Waals surface area contributed by atoms with Gasteiger partial charge in [0.2, 0.25) is 0 Å². The van der Waals surface area contributed by atoms with E-state index >= 15 is 0 Å². The van der Waals surface area contributed by atoms with E-state index in [0.717, 1.165) is 16.1 Å². The lowest BCUT2D eigenvalue weighted by Crippen LogP contribution is -2.47. The summed E-state index contributed by atoms with van der Waals surface area (Å²) in [6.45, 7) is 4.96. The van der Waals surface area contributed by atoms with E-state index < -0.39 is 10.0 Å². The molecule has 10 heteroatoms. The van der Waals surface area contributed by atoms with Crippen LogP contribution in [0.1, 0.15) is 11.5 Å². The van der Waals surface area contributed by atoms with Crippen LogP contribution in [0.15, 0.2) is 20.9 Å². The summed E-state index contributed by atoms with van der Waals surface area (Å²) < 4.78 is 37.9. The molecule has 0 radical (unpaired) electrons. The highest BCUT2D eigenvalue weighted by atomic mass is 35.5. The van der Waals surface area contributed by atoms with E-state index in [-0.39, 0.29) is 25.1 Å². The molecule has 2 aromatic rings. The molecule has 3 rings (SSSR count). The van der Waals surface area contributed by atoms with Crippen LogP contribution in [0.2, 0.25) is 0 Å².